The molecule has 1 aliphatic rings. The van der Waals surface area contributed by atoms with Crippen molar-refractivity contribution in [2.75, 3.05) is 11.1 Å². The minimum Gasteiger partial charge on any atom is -0.368 e. The number of nitrogens with two attached hydrogens (primary N) is 1. The van der Waals surface area contributed by atoms with Crippen molar-refractivity contribution in [3.05, 3.63) is 87.6 Å². The van der Waals surface area contributed by atoms with Gasteiger partial charge in [-0.2, -0.15) is 4.98 Å². The normalized spacial score (nSPS) is 14.1. The Bertz CT molecular complexity index is 1590. The van der Waals surface area contributed by atoms with Gasteiger partial charge in [0.1, 0.15) is 11.6 Å². The van der Waals surface area contributed by atoms with Crippen molar-refractivity contribution in [2.45, 2.75) is 52.1 Å². The molecule has 194 valence electrons. The molecule has 0 saturated heterocycles. The summed E-state index contributed by atoms with van der Waals surface area (Å²) in [4.78, 5) is 39.9. The molecule has 2 heterocycles. The van der Waals surface area contributed by atoms with E-state index < -0.39 is 6.04 Å². The lowest BCUT2D eigenvalue weighted by Gasteiger charge is -2.23. The number of hydrogen-bond acceptors (Lipinski definition) is 7. The maximum Gasteiger partial charge on any atom is 0.266 e. The van der Waals surface area contributed by atoms with Crippen molar-refractivity contribution in [2.24, 2.45) is 0 Å². The minimum atomic E-state index is -0.394. The second kappa shape index (κ2) is 10.5. The first-order valence-electron chi connectivity index (χ1n) is 12.8. The summed E-state index contributed by atoms with van der Waals surface area (Å²) < 4.78 is 1.66. The topological polar surface area (TPSA) is 128 Å². The highest BCUT2D eigenvalue weighted by Gasteiger charge is 2.24. The highest BCUT2D eigenvalue weighted by Crippen LogP contribution is 2.28. The lowest BCUT2D eigenvalue weighted by molar-refractivity contribution is -0.116. The van der Waals surface area contributed by atoms with Gasteiger partial charge in [-0.05, 0) is 62.9 Å². The molecule has 9 heteroatoms. The zero-order chi connectivity index (χ0) is 26.8. The first kappa shape index (κ1) is 25.1. The quantitative estimate of drug-likeness (QED) is 0.303. The summed E-state index contributed by atoms with van der Waals surface area (Å²) in [5.74, 6) is 0.974. The van der Waals surface area contributed by atoms with E-state index in [0.29, 0.717) is 40.2 Å². The third-order valence-corrected chi connectivity index (χ3v) is 6.66. The fourth-order valence-electron chi connectivity index (χ4n) is 4.54. The second-order valence-corrected chi connectivity index (χ2v) is 9.57. The molecule has 2 aromatic carbocycles. The lowest BCUT2D eigenvalue weighted by Crippen LogP contribution is -2.29. The molecule has 0 radical (unpaired) electrons. The van der Waals surface area contributed by atoms with Crippen LogP contribution in [0.1, 0.15) is 54.9 Å². The van der Waals surface area contributed by atoms with Gasteiger partial charge in [-0.1, -0.05) is 37.3 Å². The van der Waals surface area contributed by atoms with Gasteiger partial charge >= 0.3 is 0 Å². The third kappa shape index (κ3) is 5.13. The van der Waals surface area contributed by atoms with Gasteiger partial charge in [0, 0.05) is 17.7 Å². The number of aryl methyl sites for hydroxylation is 2. The monoisotopic (exact) mass is 509 g/mol. The Morgan fingerprint density at radius 1 is 1.11 bits per heavy atom. The highest BCUT2D eigenvalue weighted by molar-refractivity contribution is 5.93. The van der Waals surface area contributed by atoms with Crippen LogP contribution in [0.4, 0.5) is 11.8 Å². The Labute approximate surface area is 220 Å². The fraction of sp³-hybridized carbons (Fsp3) is 0.276. The van der Waals surface area contributed by atoms with Crippen LogP contribution in [0.5, 0.6) is 0 Å². The van der Waals surface area contributed by atoms with Crippen LogP contribution in [0.15, 0.2) is 59.4 Å². The van der Waals surface area contributed by atoms with Crippen molar-refractivity contribution < 1.29 is 4.79 Å². The van der Waals surface area contributed by atoms with Crippen molar-refractivity contribution in [1.82, 2.24) is 24.8 Å². The number of fused-ring (bicyclic) bond motifs is 1. The van der Waals surface area contributed by atoms with E-state index >= 15 is 0 Å². The van der Waals surface area contributed by atoms with Crippen molar-refractivity contribution in [3.63, 3.8) is 0 Å². The van der Waals surface area contributed by atoms with Crippen LogP contribution < -0.4 is 21.9 Å². The van der Waals surface area contributed by atoms with Crippen LogP contribution in [0, 0.1) is 13.8 Å². The number of anilines is 2. The Morgan fingerprint density at radius 2 is 1.87 bits per heavy atom. The molecule has 9 nitrogen and oxygen atoms in total. The van der Waals surface area contributed by atoms with E-state index in [1.54, 1.807) is 10.6 Å². The van der Waals surface area contributed by atoms with E-state index in [4.69, 9.17) is 10.7 Å². The Morgan fingerprint density at radius 3 is 2.58 bits per heavy atom. The van der Waals surface area contributed by atoms with E-state index in [1.165, 1.54) is 6.08 Å². The number of hydrogen-bond donors (Lipinski definition) is 3. The molecule has 5 rings (SSSR count). The van der Waals surface area contributed by atoms with E-state index in [0.717, 1.165) is 24.1 Å². The molecule has 0 bridgehead atoms. The molecule has 1 aliphatic carbocycles. The average molecular weight is 510 g/mol. The van der Waals surface area contributed by atoms with Crippen LogP contribution in [0.3, 0.4) is 0 Å². The Hall–Kier alpha value is -4.53. The van der Waals surface area contributed by atoms with Gasteiger partial charge in [0.05, 0.1) is 28.3 Å². The number of rotatable bonds is 8. The van der Waals surface area contributed by atoms with Crippen molar-refractivity contribution >= 4 is 34.7 Å². The molecule has 1 atom stereocenters. The number of carbonyl (C=O) groups is 1. The predicted molar refractivity (Wildman–Crippen MR) is 150 cm³/mol. The number of benzene rings is 2. The highest BCUT2D eigenvalue weighted by atomic mass is 16.1. The van der Waals surface area contributed by atoms with Crippen LogP contribution in [-0.2, 0) is 4.79 Å². The molecule has 0 aliphatic heterocycles. The summed E-state index contributed by atoms with van der Waals surface area (Å²) in [6.45, 7) is 5.75. The van der Waals surface area contributed by atoms with Gasteiger partial charge in [-0.15, -0.1) is 0 Å². The molecule has 1 saturated carbocycles. The number of nitrogen functional groups attached to an aromatic ring is 1. The van der Waals surface area contributed by atoms with E-state index in [2.05, 4.69) is 20.6 Å². The number of amides is 1. The fourth-order valence-corrected chi connectivity index (χ4v) is 4.54. The van der Waals surface area contributed by atoms with Crippen molar-refractivity contribution in [1.29, 1.82) is 0 Å². The van der Waals surface area contributed by atoms with Gasteiger partial charge in [-0.3, -0.25) is 14.2 Å². The van der Waals surface area contributed by atoms with Gasteiger partial charge < -0.3 is 16.4 Å². The first-order chi connectivity index (χ1) is 18.4. The van der Waals surface area contributed by atoms with Crippen LogP contribution >= 0.6 is 0 Å². The molecule has 1 unspecified atom stereocenters. The minimum absolute atomic E-state index is 0.113. The van der Waals surface area contributed by atoms with E-state index in [-0.39, 0.29) is 23.5 Å². The largest absolute Gasteiger partial charge is 0.368 e. The molecule has 38 heavy (non-hydrogen) atoms. The number of nitrogens with zero attached hydrogens (tertiary/aromatic N) is 4. The molecule has 1 fully saturated rings. The SMILES string of the molecule is CCC(Nc1nc(N)nc(C)c1/C=C/C(=O)NC1CC1)c1nc2cccc(C)c2c(=O)n1-c1ccccc1. The standard InChI is InChI=1S/C29H31N7O2/c1-4-22(33-26-21(18(3)31-29(30)35-26)15-16-24(37)32-19-13-14-19)27-34-23-12-8-9-17(2)25(23)28(38)36(27)20-10-6-5-7-11-20/h5-12,15-16,19,22H,4,13-14H2,1-3H3,(H,32,37)(H3,30,31,33,35)/b16-15+. The summed E-state index contributed by atoms with van der Waals surface area (Å²) in [7, 11) is 0. The molecule has 4 N–H and O–H groups in total. The average Bonchev–Trinajstić information content (AvgIpc) is 3.71. The lowest BCUT2D eigenvalue weighted by atomic mass is 10.1. The summed E-state index contributed by atoms with van der Waals surface area (Å²) in [6, 6.07) is 15.0. The van der Waals surface area contributed by atoms with E-state index in [1.807, 2.05) is 69.3 Å². The van der Waals surface area contributed by atoms with Gasteiger partial charge in [0.25, 0.3) is 5.56 Å². The molecular formula is C29H31N7O2. The maximum atomic E-state index is 13.9. The number of carbonyl (C=O) groups excluding carboxylic acids is 1. The molecular weight excluding hydrogens is 478 g/mol. The summed E-state index contributed by atoms with van der Waals surface area (Å²) in [6.07, 6.45) is 5.81. The van der Waals surface area contributed by atoms with Crippen molar-refractivity contribution in [3.8, 4) is 5.69 Å². The zero-order valence-corrected chi connectivity index (χ0v) is 21.7. The molecule has 4 aromatic rings. The molecule has 1 amide bonds. The second-order valence-electron chi connectivity index (χ2n) is 9.57. The van der Waals surface area contributed by atoms with Crippen LogP contribution in [0.25, 0.3) is 22.7 Å². The zero-order valence-electron chi connectivity index (χ0n) is 21.7. The van der Waals surface area contributed by atoms with Gasteiger partial charge in [0.2, 0.25) is 11.9 Å². The smallest absolute Gasteiger partial charge is 0.266 e. The van der Waals surface area contributed by atoms with Crippen LogP contribution in [-0.4, -0.2) is 31.5 Å². The van der Waals surface area contributed by atoms with E-state index in [9.17, 15) is 9.59 Å². The molecule has 2 aromatic heterocycles. The van der Waals surface area contributed by atoms with Gasteiger partial charge in [-0.25, -0.2) is 9.97 Å². The predicted octanol–water partition coefficient (Wildman–Crippen LogP) is 4.23. The number of nitrogens with one attached hydrogen (secondary N) is 2. The van der Waals surface area contributed by atoms with Gasteiger partial charge in [0.15, 0.2) is 0 Å². The maximum absolute atomic E-state index is 13.9. The summed E-state index contributed by atoms with van der Waals surface area (Å²) in [5.41, 5.74) is 9.38. The van der Waals surface area contributed by atoms with Crippen LogP contribution in [0.2, 0.25) is 0 Å². The first-order valence-corrected chi connectivity index (χ1v) is 12.8. The summed E-state index contributed by atoms with van der Waals surface area (Å²) in [5, 5.41) is 6.98. The molecule has 0 spiro atoms. The number of para-hydroxylation sites is 1. The number of aromatic nitrogens is 4. The third-order valence-electron chi connectivity index (χ3n) is 6.66. The Kier molecular flexibility index (Phi) is 6.91. The Balaban J connectivity index is 1.61. The summed E-state index contributed by atoms with van der Waals surface area (Å²) >= 11 is 0.